The van der Waals surface area contributed by atoms with E-state index in [1.165, 1.54) is 12.1 Å². The van der Waals surface area contributed by atoms with Crippen LogP contribution in [0.15, 0.2) is 47.5 Å². The fourth-order valence-corrected chi connectivity index (χ4v) is 1.84. The average molecular weight is 259 g/mol. The Morgan fingerprint density at radius 3 is 2.47 bits per heavy atom. The third-order valence-electron chi connectivity index (χ3n) is 2.84. The van der Waals surface area contributed by atoms with Crippen molar-refractivity contribution in [2.45, 2.75) is 6.54 Å². The second-order valence-corrected chi connectivity index (χ2v) is 4.14. The SMILES string of the molecule is COc1ccc(B(O)O)c(Cn2ccc(=O)cc2)c1. The standard InChI is InChI=1S/C13H14BNO4/c1-19-12-2-3-13(14(17)18)10(8-12)9-15-6-4-11(16)5-7-15/h2-8,17-18H,9H2,1H3. The van der Waals surface area contributed by atoms with Gasteiger partial charge < -0.3 is 19.4 Å². The maximum atomic E-state index is 11.0. The molecule has 0 fully saturated rings. The highest BCUT2D eigenvalue weighted by atomic mass is 16.5. The molecule has 6 heteroatoms. The number of ether oxygens (including phenoxy) is 1. The van der Waals surface area contributed by atoms with Crippen LogP contribution in [0.2, 0.25) is 0 Å². The maximum absolute atomic E-state index is 11.0. The van der Waals surface area contributed by atoms with Gasteiger partial charge in [0.05, 0.1) is 7.11 Å². The first-order chi connectivity index (χ1) is 9.10. The average Bonchev–Trinajstić information content (AvgIpc) is 2.41. The van der Waals surface area contributed by atoms with Crippen molar-refractivity contribution in [3.63, 3.8) is 0 Å². The highest BCUT2D eigenvalue weighted by Gasteiger charge is 2.16. The molecule has 2 aromatic rings. The van der Waals surface area contributed by atoms with Crippen molar-refractivity contribution in [3.05, 3.63) is 58.5 Å². The normalized spacial score (nSPS) is 10.3. The summed E-state index contributed by atoms with van der Waals surface area (Å²) in [5.41, 5.74) is 1.07. The number of nitrogens with zero attached hydrogens (tertiary/aromatic N) is 1. The highest BCUT2D eigenvalue weighted by molar-refractivity contribution is 6.59. The van der Waals surface area contributed by atoms with Crippen LogP contribution in [0.3, 0.4) is 0 Å². The molecule has 0 aliphatic heterocycles. The summed E-state index contributed by atoms with van der Waals surface area (Å²) in [5.74, 6) is 0.639. The summed E-state index contributed by atoms with van der Waals surface area (Å²) in [6.07, 6.45) is 3.30. The monoisotopic (exact) mass is 259 g/mol. The summed E-state index contributed by atoms with van der Waals surface area (Å²) in [6.45, 7) is 0.421. The molecule has 0 unspecified atom stereocenters. The Labute approximate surface area is 110 Å². The van der Waals surface area contributed by atoms with Crippen molar-refractivity contribution in [2.24, 2.45) is 0 Å². The van der Waals surface area contributed by atoms with Crippen molar-refractivity contribution in [2.75, 3.05) is 7.11 Å². The molecule has 0 radical (unpaired) electrons. The molecule has 0 spiro atoms. The van der Waals surface area contributed by atoms with E-state index >= 15 is 0 Å². The van der Waals surface area contributed by atoms with E-state index in [-0.39, 0.29) is 5.43 Å². The molecule has 1 aromatic heterocycles. The number of aromatic nitrogens is 1. The van der Waals surface area contributed by atoms with Crippen LogP contribution in [0.4, 0.5) is 0 Å². The molecule has 5 nitrogen and oxygen atoms in total. The first kappa shape index (κ1) is 13.4. The molecule has 1 aromatic carbocycles. The van der Waals surface area contributed by atoms with Gasteiger partial charge in [-0.25, -0.2) is 0 Å². The van der Waals surface area contributed by atoms with E-state index in [0.717, 1.165) is 5.56 Å². The minimum absolute atomic E-state index is 0.0655. The fraction of sp³-hybridized carbons (Fsp3) is 0.154. The minimum Gasteiger partial charge on any atom is -0.497 e. The van der Waals surface area contributed by atoms with Crippen molar-refractivity contribution < 1.29 is 14.8 Å². The van der Waals surface area contributed by atoms with E-state index < -0.39 is 7.12 Å². The topological polar surface area (TPSA) is 71.7 Å². The molecule has 0 atom stereocenters. The van der Waals surface area contributed by atoms with Crippen LogP contribution < -0.4 is 15.6 Å². The summed E-state index contributed by atoms with van der Waals surface area (Å²) in [6, 6.07) is 7.93. The Hall–Kier alpha value is -2.05. The third kappa shape index (κ3) is 3.24. The Morgan fingerprint density at radius 1 is 1.21 bits per heavy atom. The number of pyridine rings is 1. The van der Waals surface area contributed by atoms with Gasteiger partial charge in [-0.2, -0.15) is 0 Å². The van der Waals surface area contributed by atoms with Gasteiger partial charge in [-0.3, -0.25) is 4.79 Å². The molecule has 0 saturated carbocycles. The lowest BCUT2D eigenvalue weighted by Crippen LogP contribution is -2.33. The second kappa shape index (κ2) is 5.73. The second-order valence-electron chi connectivity index (χ2n) is 4.14. The molecule has 0 bridgehead atoms. The lowest BCUT2D eigenvalue weighted by Gasteiger charge is -2.12. The molecule has 1 heterocycles. The van der Waals surface area contributed by atoms with Crippen LogP contribution >= 0.6 is 0 Å². The molecule has 2 N–H and O–H groups in total. The van der Waals surface area contributed by atoms with Crippen molar-refractivity contribution >= 4 is 12.6 Å². The Morgan fingerprint density at radius 2 is 1.89 bits per heavy atom. The van der Waals surface area contributed by atoms with E-state index in [1.807, 2.05) is 0 Å². The molecular formula is C13H14BNO4. The molecule has 2 rings (SSSR count). The zero-order valence-corrected chi connectivity index (χ0v) is 10.5. The lowest BCUT2D eigenvalue weighted by molar-refractivity contribution is 0.413. The Balaban J connectivity index is 2.36. The van der Waals surface area contributed by atoms with Gasteiger partial charge in [-0.15, -0.1) is 0 Å². The first-order valence-corrected chi connectivity index (χ1v) is 5.79. The number of methoxy groups -OCH3 is 1. The lowest BCUT2D eigenvalue weighted by atomic mass is 9.77. The van der Waals surface area contributed by atoms with E-state index in [0.29, 0.717) is 17.8 Å². The number of benzene rings is 1. The van der Waals surface area contributed by atoms with E-state index in [1.54, 1.807) is 42.3 Å². The number of hydrogen-bond donors (Lipinski definition) is 2. The van der Waals surface area contributed by atoms with Gasteiger partial charge in [0, 0.05) is 31.1 Å². The Kier molecular flexibility index (Phi) is 4.04. The van der Waals surface area contributed by atoms with Gasteiger partial charge in [0.1, 0.15) is 5.75 Å². The third-order valence-corrected chi connectivity index (χ3v) is 2.84. The van der Waals surface area contributed by atoms with Crippen LogP contribution in [0.25, 0.3) is 0 Å². The molecule has 0 saturated heterocycles. The quantitative estimate of drug-likeness (QED) is 0.732. The van der Waals surface area contributed by atoms with Gasteiger partial charge in [0.25, 0.3) is 0 Å². The van der Waals surface area contributed by atoms with Crippen LogP contribution in [0, 0.1) is 0 Å². The number of hydrogen-bond acceptors (Lipinski definition) is 4. The van der Waals surface area contributed by atoms with Crippen LogP contribution in [-0.4, -0.2) is 28.8 Å². The molecular weight excluding hydrogens is 245 g/mol. The first-order valence-electron chi connectivity index (χ1n) is 5.79. The zero-order valence-electron chi connectivity index (χ0n) is 10.5. The summed E-state index contributed by atoms with van der Waals surface area (Å²) in [7, 11) is 0.00773. The van der Waals surface area contributed by atoms with Crippen molar-refractivity contribution in [1.82, 2.24) is 4.57 Å². The molecule has 98 valence electrons. The van der Waals surface area contributed by atoms with Crippen molar-refractivity contribution in [3.8, 4) is 5.75 Å². The predicted octanol–water partition coefficient (Wildman–Crippen LogP) is -0.415. The smallest absolute Gasteiger partial charge is 0.488 e. The van der Waals surface area contributed by atoms with Gasteiger partial charge in [-0.1, -0.05) is 6.07 Å². The molecule has 0 amide bonds. The number of rotatable bonds is 4. The summed E-state index contributed by atoms with van der Waals surface area (Å²) >= 11 is 0. The van der Waals surface area contributed by atoms with Crippen LogP contribution in [0.5, 0.6) is 5.75 Å². The Bertz CT molecular complexity index is 604. The van der Waals surface area contributed by atoms with E-state index in [2.05, 4.69) is 0 Å². The van der Waals surface area contributed by atoms with Crippen LogP contribution in [0.1, 0.15) is 5.56 Å². The van der Waals surface area contributed by atoms with Gasteiger partial charge >= 0.3 is 7.12 Å². The summed E-state index contributed by atoms with van der Waals surface area (Å²) < 4.78 is 6.90. The minimum atomic E-state index is -1.54. The molecule has 0 aliphatic rings. The maximum Gasteiger partial charge on any atom is 0.488 e. The summed E-state index contributed by atoms with van der Waals surface area (Å²) in [5, 5.41) is 18.7. The highest BCUT2D eigenvalue weighted by Crippen LogP contribution is 2.12. The van der Waals surface area contributed by atoms with E-state index in [9.17, 15) is 14.8 Å². The predicted molar refractivity (Wildman–Crippen MR) is 72.6 cm³/mol. The van der Waals surface area contributed by atoms with Gasteiger partial charge in [-0.05, 0) is 23.2 Å². The van der Waals surface area contributed by atoms with Crippen molar-refractivity contribution in [1.29, 1.82) is 0 Å². The summed E-state index contributed by atoms with van der Waals surface area (Å²) in [4.78, 5) is 11.0. The zero-order chi connectivity index (χ0) is 13.8. The van der Waals surface area contributed by atoms with Gasteiger partial charge in [0.2, 0.25) is 0 Å². The van der Waals surface area contributed by atoms with Gasteiger partial charge in [0.15, 0.2) is 5.43 Å². The fourth-order valence-electron chi connectivity index (χ4n) is 1.84. The molecule has 19 heavy (non-hydrogen) atoms. The molecule has 0 aliphatic carbocycles. The van der Waals surface area contributed by atoms with E-state index in [4.69, 9.17) is 4.74 Å². The van der Waals surface area contributed by atoms with Crippen LogP contribution in [-0.2, 0) is 6.54 Å². The largest absolute Gasteiger partial charge is 0.497 e.